The van der Waals surface area contributed by atoms with Gasteiger partial charge in [0.05, 0.1) is 10.8 Å². The number of benzene rings is 1. The summed E-state index contributed by atoms with van der Waals surface area (Å²) in [5.41, 5.74) is -0.0457. The molecule has 3 heteroatoms. The first-order valence-electron chi connectivity index (χ1n) is 3.75. The molecule has 0 aliphatic heterocycles. The number of aromatic nitrogens is 2. The second kappa shape index (κ2) is 2.44. The molecule has 0 aliphatic rings. The lowest BCUT2D eigenvalue weighted by Gasteiger charge is -1.92. The number of aryl methyl sites for hydroxylation is 1. The van der Waals surface area contributed by atoms with Crippen molar-refractivity contribution in [2.45, 2.75) is 0 Å². The molecule has 0 aliphatic carbocycles. The van der Waals surface area contributed by atoms with Crippen molar-refractivity contribution in [3.8, 4) is 0 Å². The maximum Gasteiger partial charge on any atom is 0.305 e. The van der Waals surface area contributed by atoms with E-state index >= 15 is 0 Å². The van der Waals surface area contributed by atoms with Gasteiger partial charge in [0.25, 0.3) is 0 Å². The molecule has 1 aromatic heterocycles. The molecule has 0 spiro atoms. The summed E-state index contributed by atoms with van der Waals surface area (Å²) in [6.45, 7) is 0. The lowest BCUT2D eigenvalue weighted by molar-refractivity contribution is -0.730. The Morgan fingerprint density at radius 1 is 1.33 bits per heavy atom. The minimum absolute atomic E-state index is 0.0457. The van der Waals surface area contributed by atoms with Crippen LogP contribution in [0.3, 0.4) is 0 Å². The van der Waals surface area contributed by atoms with Crippen LogP contribution in [0.25, 0.3) is 10.8 Å². The molecule has 1 aromatic carbocycles. The maximum absolute atomic E-state index is 11.3. The van der Waals surface area contributed by atoms with E-state index in [9.17, 15) is 4.79 Å². The molecular weight excluding hydrogens is 152 g/mol. The molecule has 0 atom stereocenters. The Hall–Kier alpha value is -1.64. The Morgan fingerprint density at radius 3 is 2.92 bits per heavy atom. The maximum atomic E-state index is 11.3. The van der Waals surface area contributed by atoms with Crippen LogP contribution >= 0.6 is 0 Å². The standard InChI is InChI=1S/C9H8N2O/c1-11-6-7-4-2-3-5-8(7)9(12)10-11/h2-6H,1H3/p+1. The number of hydrogen-bond donors (Lipinski definition) is 1. The second-order valence-corrected chi connectivity index (χ2v) is 2.77. The highest BCUT2D eigenvalue weighted by Crippen LogP contribution is 2.03. The van der Waals surface area contributed by atoms with Gasteiger partial charge in [-0.3, -0.25) is 4.79 Å². The second-order valence-electron chi connectivity index (χ2n) is 2.77. The lowest BCUT2D eigenvalue weighted by atomic mass is 10.2. The smallest absolute Gasteiger partial charge is 0.264 e. The molecule has 1 N–H and O–H groups in total. The van der Waals surface area contributed by atoms with Crippen LogP contribution < -0.4 is 10.2 Å². The van der Waals surface area contributed by atoms with Crippen molar-refractivity contribution in [1.82, 2.24) is 5.10 Å². The van der Waals surface area contributed by atoms with Crippen molar-refractivity contribution in [1.29, 1.82) is 0 Å². The van der Waals surface area contributed by atoms with Crippen molar-refractivity contribution in [2.75, 3.05) is 0 Å². The topological polar surface area (TPSA) is 36.7 Å². The van der Waals surface area contributed by atoms with Gasteiger partial charge in [-0.1, -0.05) is 12.1 Å². The zero-order valence-electron chi connectivity index (χ0n) is 6.74. The summed E-state index contributed by atoms with van der Waals surface area (Å²) in [5, 5.41) is 4.37. The average Bonchev–Trinajstić information content (AvgIpc) is 2.04. The summed E-state index contributed by atoms with van der Waals surface area (Å²) in [7, 11) is 1.80. The molecule has 2 rings (SSSR count). The van der Waals surface area contributed by atoms with E-state index in [0.717, 1.165) is 10.8 Å². The predicted molar refractivity (Wildman–Crippen MR) is 45.7 cm³/mol. The first-order valence-corrected chi connectivity index (χ1v) is 3.75. The van der Waals surface area contributed by atoms with E-state index in [1.54, 1.807) is 11.7 Å². The fourth-order valence-electron chi connectivity index (χ4n) is 1.28. The number of aromatic amines is 1. The number of hydrogen-bond acceptors (Lipinski definition) is 1. The molecule has 0 saturated carbocycles. The van der Waals surface area contributed by atoms with E-state index in [4.69, 9.17) is 0 Å². The van der Waals surface area contributed by atoms with Gasteiger partial charge in [-0.25, -0.2) is 0 Å². The normalized spacial score (nSPS) is 10.4. The number of H-pyrrole nitrogens is 1. The Balaban J connectivity index is 2.99. The van der Waals surface area contributed by atoms with E-state index in [-0.39, 0.29) is 5.56 Å². The van der Waals surface area contributed by atoms with Gasteiger partial charge in [-0.05, 0) is 12.1 Å². The largest absolute Gasteiger partial charge is 0.305 e. The van der Waals surface area contributed by atoms with Crippen LogP contribution in [0.2, 0.25) is 0 Å². The van der Waals surface area contributed by atoms with E-state index in [1.807, 2.05) is 30.5 Å². The van der Waals surface area contributed by atoms with Gasteiger partial charge < -0.3 is 0 Å². The molecule has 0 unspecified atom stereocenters. The summed E-state index contributed by atoms with van der Waals surface area (Å²) in [5.74, 6) is 0. The minimum atomic E-state index is -0.0457. The van der Waals surface area contributed by atoms with Gasteiger partial charge in [0.2, 0.25) is 6.20 Å². The third-order valence-electron chi connectivity index (χ3n) is 1.82. The first-order chi connectivity index (χ1) is 5.77. The third kappa shape index (κ3) is 0.993. The number of rotatable bonds is 0. The zero-order chi connectivity index (χ0) is 8.55. The molecule has 60 valence electrons. The number of nitrogens with zero attached hydrogens (tertiary/aromatic N) is 1. The van der Waals surface area contributed by atoms with Crippen LogP contribution in [-0.4, -0.2) is 5.10 Å². The Bertz CT molecular complexity index is 473. The number of fused-ring (bicyclic) bond motifs is 1. The Kier molecular flexibility index (Phi) is 1.43. The summed E-state index contributed by atoms with van der Waals surface area (Å²) in [4.78, 5) is 11.3. The van der Waals surface area contributed by atoms with E-state index in [2.05, 4.69) is 5.10 Å². The molecule has 0 radical (unpaired) electrons. The predicted octanol–water partition coefficient (Wildman–Crippen LogP) is 0.353. The summed E-state index contributed by atoms with van der Waals surface area (Å²) >= 11 is 0. The van der Waals surface area contributed by atoms with Gasteiger partial charge in [0.1, 0.15) is 0 Å². The first kappa shape index (κ1) is 7.03. The van der Waals surface area contributed by atoms with Crippen molar-refractivity contribution in [3.63, 3.8) is 0 Å². The molecule has 1 heterocycles. The van der Waals surface area contributed by atoms with Crippen LogP contribution in [-0.2, 0) is 7.05 Å². The Morgan fingerprint density at radius 2 is 2.08 bits per heavy atom. The van der Waals surface area contributed by atoms with Crippen LogP contribution in [0, 0.1) is 0 Å². The van der Waals surface area contributed by atoms with Crippen LogP contribution in [0.5, 0.6) is 0 Å². The fraction of sp³-hybridized carbons (Fsp3) is 0.111. The minimum Gasteiger partial charge on any atom is -0.264 e. The fourth-order valence-corrected chi connectivity index (χ4v) is 1.28. The van der Waals surface area contributed by atoms with Gasteiger partial charge in [-0.2, -0.15) is 0 Å². The van der Waals surface area contributed by atoms with Crippen LogP contribution in [0.4, 0.5) is 0 Å². The molecule has 0 saturated heterocycles. The lowest BCUT2D eigenvalue weighted by Crippen LogP contribution is -2.38. The van der Waals surface area contributed by atoms with Gasteiger partial charge in [-0.15, -0.1) is 9.78 Å². The van der Waals surface area contributed by atoms with Crippen molar-refractivity contribution < 1.29 is 4.68 Å². The summed E-state index contributed by atoms with van der Waals surface area (Å²) < 4.78 is 1.66. The molecule has 0 bridgehead atoms. The van der Waals surface area contributed by atoms with E-state index in [0.29, 0.717) is 0 Å². The molecule has 0 amide bonds. The molecular formula is C9H9N2O+. The van der Waals surface area contributed by atoms with Crippen LogP contribution in [0.15, 0.2) is 35.3 Å². The average molecular weight is 161 g/mol. The monoisotopic (exact) mass is 161 g/mol. The van der Waals surface area contributed by atoms with Gasteiger partial charge in [0, 0.05) is 0 Å². The molecule has 0 fully saturated rings. The van der Waals surface area contributed by atoms with E-state index < -0.39 is 0 Å². The highest BCUT2D eigenvalue weighted by atomic mass is 16.1. The van der Waals surface area contributed by atoms with E-state index in [1.165, 1.54) is 0 Å². The summed E-state index contributed by atoms with van der Waals surface area (Å²) in [6.07, 6.45) is 1.89. The van der Waals surface area contributed by atoms with Crippen LogP contribution in [0.1, 0.15) is 0 Å². The summed E-state index contributed by atoms with van der Waals surface area (Å²) in [6, 6.07) is 7.51. The SMILES string of the molecule is C[n+]1cc2ccccc2c(=O)[nH]1. The van der Waals surface area contributed by atoms with Gasteiger partial charge in [0.15, 0.2) is 7.05 Å². The van der Waals surface area contributed by atoms with Gasteiger partial charge >= 0.3 is 5.56 Å². The van der Waals surface area contributed by atoms with Crippen molar-refractivity contribution in [2.24, 2.45) is 7.05 Å². The van der Waals surface area contributed by atoms with Crippen molar-refractivity contribution >= 4 is 10.8 Å². The third-order valence-corrected chi connectivity index (χ3v) is 1.82. The molecule has 2 aromatic rings. The Labute approximate surface area is 69.3 Å². The highest BCUT2D eigenvalue weighted by Gasteiger charge is 2.01. The highest BCUT2D eigenvalue weighted by molar-refractivity contribution is 5.79. The number of nitrogens with one attached hydrogen (secondary N) is 1. The molecule has 3 nitrogen and oxygen atoms in total. The quantitative estimate of drug-likeness (QED) is 0.556. The van der Waals surface area contributed by atoms with Crippen molar-refractivity contribution in [3.05, 3.63) is 40.8 Å². The zero-order valence-corrected chi connectivity index (χ0v) is 6.74. The molecule has 12 heavy (non-hydrogen) atoms.